The Hall–Kier alpha value is -1.39. The van der Waals surface area contributed by atoms with Crippen LogP contribution in [0.1, 0.15) is 24.1 Å². The van der Waals surface area contributed by atoms with Crippen LogP contribution in [0.3, 0.4) is 0 Å². The van der Waals surface area contributed by atoms with Crippen LogP contribution in [0.25, 0.3) is 0 Å². The van der Waals surface area contributed by atoms with Gasteiger partial charge in [-0.3, -0.25) is 0 Å². The molecule has 4 heteroatoms. The average molecular weight is 259 g/mol. The number of rotatable bonds is 4. The van der Waals surface area contributed by atoms with Crippen LogP contribution in [0.15, 0.2) is 47.9 Å². The van der Waals surface area contributed by atoms with E-state index >= 15 is 0 Å². The van der Waals surface area contributed by atoms with E-state index in [-0.39, 0.29) is 11.3 Å². The maximum atomic E-state index is 6.27. The summed E-state index contributed by atoms with van der Waals surface area (Å²) >= 11 is 1.67. The molecule has 1 aromatic carbocycles. The van der Waals surface area contributed by atoms with Crippen molar-refractivity contribution in [2.45, 2.75) is 30.2 Å². The van der Waals surface area contributed by atoms with Gasteiger partial charge in [0.15, 0.2) is 0 Å². The van der Waals surface area contributed by atoms with Gasteiger partial charge in [0.05, 0.1) is 5.03 Å². The van der Waals surface area contributed by atoms with Crippen molar-refractivity contribution >= 4 is 11.8 Å². The van der Waals surface area contributed by atoms with Gasteiger partial charge < -0.3 is 5.73 Å². The molecule has 0 saturated carbocycles. The lowest BCUT2D eigenvalue weighted by Gasteiger charge is -2.19. The van der Waals surface area contributed by atoms with Gasteiger partial charge in [-0.05, 0) is 18.6 Å². The maximum Gasteiger partial charge on any atom is 0.116 e. The molecule has 0 aliphatic rings. The number of nitrogens with zero attached hydrogens (tertiary/aromatic N) is 2. The number of thioether (sulfide) groups is 1. The quantitative estimate of drug-likeness (QED) is 0.677. The standard InChI is InChI=1S/C14H17N3S/c1-10-3-5-12(6-4-10)14(15)11(2)18-13-7-8-16-9-17-13/h3-9,11,14H,15H2,1-2H3. The van der Waals surface area contributed by atoms with Crippen LogP contribution in [0.5, 0.6) is 0 Å². The van der Waals surface area contributed by atoms with Crippen LogP contribution in [0, 0.1) is 6.92 Å². The number of aromatic nitrogens is 2. The third-order valence-electron chi connectivity index (χ3n) is 2.83. The maximum absolute atomic E-state index is 6.27. The number of nitrogens with two attached hydrogens (primary N) is 1. The Bertz CT molecular complexity index is 484. The molecule has 0 radical (unpaired) electrons. The van der Waals surface area contributed by atoms with Gasteiger partial charge in [0.1, 0.15) is 6.33 Å². The van der Waals surface area contributed by atoms with E-state index < -0.39 is 0 Å². The van der Waals surface area contributed by atoms with Crippen molar-refractivity contribution in [3.05, 3.63) is 54.0 Å². The van der Waals surface area contributed by atoms with Gasteiger partial charge in [-0.2, -0.15) is 0 Å². The molecule has 0 bridgehead atoms. The van der Waals surface area contributed by atoms with E-state index in [2.05, 4.69) is 48.1 Å². The highest BCUT2D eigenvalue weighted by atomic mass is 32.2. The van der Waals surface area contributed by atoms with E-state index in [0.717, 1.165) is 10.6 Å². The van der Waals surface area contributed by atoms with E-state index in [4.69, 9.17) is 5.73 Å². The molecule has 94 valence electrons. The minimum atomic E-state index is 0.00515. The lowest BCUT2D eigenvalue weighted by atomic mass is 10.0. The summed E-state index contributed by atoms with van der Waals surface area (Å²) in [6.07, 6.45) is 3.31. The van der Waals surface area contributed by atoms with Crippen LogP contribution in [-0.2, 0) is 0 Å². The second-order valence-electron chi connectivity index (χ2n) is 4.31. The number of hydrogen-bond donors (Lipinski definition) is 1. The molecule has 0 fully saturated rings. The molecule has 0 spiro atoms. The van der Waals surface area contributed by atoms with Crippen molar-refractivity contribution in [2.24, 2.45) is 5.73 Å². The highest BCUT2D eigenvalue weighted by Crippen LogP contribution is 2.29. The van der Waals surface area contributed by atoms with Gasteiger partial charge in [0.25, 0.3) is 0 Å². The normalized spacial score (nSPS) is 14.2. The first-order chi connectivity index (χ1) is 8.66. The molecule has 2 unspecified atom stereocenters. The molecule has 3 nitrogen and oxygen atoms in total. The summed E-state index contributed by atoms with van der Waals surface area (Å²) in [6.45, 7) is 4.20. The van der Waals surface area contributed by atoms with Gasteiger partial charge in [-0.15, -0.1) is 11.8 Å². The Morgan fingerprint density at radius 3 is 2.50 bits per heavy atom. The fraction of sp³-hybridized carbons (Fsp3) is 0.286. The molecule has 1 aromatic heterocycles. The fourth-order valence-electron chi connectivity index (χ4n) is 1.67. The van der Waals surface area contributed by atoms with Crippen LogP contribution in [0.4, 0.5) is 0 Å². The predicted octanol–water partition coefficient (Wildman–Crippen LogP) is 2.97. The molecule has 0 aliphatic carbocycles. The zero-order valence-electron chi connectivity index (χ0n) is 10.6. The molecule has 1 heterocycles. The summed E-state index contributed by atoms with van der Waals surface area (Å²) < 4.78 is 0. The van der Waals surface area contributed by atoms with Crippen LogP contribution in [0.2, 0.25) is 0 Å². The van der Waals surface area contributed by atoms with Gasteiger partial charge in [-0.25, -0.2) is 9.97 Å². The Kier molecular flexibility index (Phi) is 4.33. The molecule has 2 aromatic rings. The third kappa shape index (κ3) is 3.31. The van der Waals surface area contributed by atoms with Gasteiger partial charge in [0, 0.05) is 17.5 Å². The average Bonchev–Trinajstić information content (AvgIpc) is 2.40. The zero-order chi connectivity index (χ0) is 13.0. The monoisotopic (exact) mass is 259 g/mol. The Morgan fingerprint density at radius 1 is 1.17 bits per heavy atom. The van der Waals surface area contributed by atoms with Crippen LogP contribution >= 0.6 is 11.8 Å². The highest BCUT2D eigenvalue weighted by molar-refractivity contribution is 7.99. The Morgan fingerprint density at radius 2 is 1.89 bits per heavy atom. The fourth-order valence-corrected chi connectivity index (χ4v) is 2.60. The SMILES string of the molecule is Cc1ccc(C(N)C(C)Sc2ccncn2)cc1. The second kappa shape index (κ2) is 5.98. The van der Waals surface area contributed by atoms with Crippen LogP contribution in [-0.4, -0.2) is 15.2 Å². The summed E-state index contributed by atoms with van der Waals surface area (Å²) in [5.41, 5.74) is 8.69. The molecule has 18 heavy (non-hydrogen) atoms. The first kappa shape index (κ1) is 13.1. The second-order valence-corrected chi connectivity index (χ2v) is 5.70. The van der Waals surface area contributed by atoms with E-state index in [9.17, 15) is 0 Å². The van der Waals surface area contributed by atoms with Crippen molar-refractivity contribution in [1.82, 2.24) is 9.97 Å². The number of hydrogen-bond acceptors (Lipinski definition) is 4. The summed E-state index contributed by atoms with van der Waals surface area (Å²) in [6, 6.07) is 10.3. The van der Waals surface area contributed by atoms with Crippen molar-refractivity contribution in [1.29, 1.82) is 0 Å². The van der Waals surface area contributed by atoms with Crippen molar-refractivity contribution in [3.63, 3.8) is 0 Å². The number of benzene rings is 1. The van der Waals surface area contributed by atoms with E-state index in [1.807, 2.05) is 6.07 Å². The summed E-state index contributed by atoms with van der Waals surface area (Å²) in [4.78, 5) is 8.11. The minimum Gasteiger partial charge on any atom is -0.323 e. The van der Waals surface area contributed by atoms with Gasteiger partial charge in [-0.1, -0.05) is 36.8 Å². The molecule has 2 N–H and O–H groups in total. The summed E-state index contributed by atoms with van der Waals surface area (Å²) in [5.74, 6) is 0. The third-order valence-corrected chi connectivity index (χ3v) is 3.98. The molecule has 2 rings (SSSR count). The Labute approximate surface area is 112 Å². The van der Waals surface area contributed by atoms with E-state index in [1.165, 1.54) is 5.56 Å². The lowest BCUT2D eigenvalue weighted by molar-refractivity contribution is 0.713. The zero-order valence-corrected chi connectivity index (χ0v) is 11.4. The van der Waals surface area contributed by atoms with Crippen LogP contribution < -0.4 is 5.73 Å². The molecular weight excluding hydrogens is 242 g/mol. The van der Waals surface area contributed by atoms with Crippen molar-refractivity contribution < 1.29 is 0 Å². The summed E-state index contributed by atoms with van der Waals surface area (Å²) in [7, 11) is 0. The topological polar surface area (TPSA) is 51.8 Å². The van der Waals surface area contributed by atoms with Gasteiger partial charge >= 0.3 is 0 Å². The van der Waals surface area contributed by atoms with E-state index in [1.54, 1.807) is 24.3 Å². The molecule has 0 saturated heterocycles. The largest absolute Gasteiger partial charge is 0.323 e. The van der Waals surface area contributed by atoms with Crippen molar-refractivity contribution in [3.8, 4) is 0 Å². The highest BCUT2D eigenvalue weighted by Gasteiger charge is 2.16. The smallest absolute Gasteiger partial charge is 0.116 e. The van der Waals surface area contributed by atoms with Crippen molar-refractivity contribution in [2.75, 3.05) is 0 Å². The Balaban J connectivity index is 2.05. The van der Waals surface area contributed by atoms with E-state index in [0.29, 0.717) is 0 Å². The molecule has 0 amide bonds. The molecular formula is C14H17N3S. The number of aryl methyl sites for hydroxylation is 1. The minimum absolute atomic E-state index is 0.00515. The van der Waals surface area contributed by atoms with Gasteiger partial charge in [0.2, 0.25) is 0 Å². The predicted molar refractivity (Wildman–Crippen MR) is 75.5 cm³/mol. The first-order valence-corrected chi connectivity index (χ1v) is 6.79. The molecule has 0 aliphatic heterocycles. The summed E-state index contributed by atoms with van der Waals surface area (Å²) in [5, 5.41) is 1.22. The lowest BCUT2D eigenvalue weighted by Crippen LogP contribution is -2.21. The molecule has 2 atom stereocenters. The first-order valence-electron chi connectivity index (χ1n) is 5.91.